The lowest BCUT2D eigenvalue weighted by Crippen LogP contribution is -2.18. The molecule has 0 radical (unpaired) electrons. The molecule has 1 atom stereocenters. The first kappa shape index (κ1) is 19.0. The topological polar surface area (TPSA) is 48.1 Å². The molecule has 6 heteroatoms. The molecule has 1 saturated heterocycles. The van der Waals surface area contributed by atoms with Gasteiger partial charge in [-0.05, 0) is 61.3 Å². The van der Waals surface area contributed by atoms with Gasteiger partial charge in [0.1, 0.15) is 18.3 Å². The molecule has 30 heavy (non-hydrogen) atoms. The Bertz CT molecular complexity index is 1160. The summed E-state index contributed by atoms with van der Waals surface area (Å²) in [6.45, 7) is 3.42. The van der Waals surface area contributed by atoms with Gasteiger partial charge in [0.2, 0.25) is 0 Å². The summed E-state index contributed by atoms with van der Waals surface area (Å²) >= 11 is 0. The zero-order chi connectivity index (χ0) is 20.5. The number of aryl methyl sites for hydroxylation is 1. The molecule has 1 aliphatic rings. The quantitative estimate of drug-likeness (QED) is 0.488. The first-order valence-electron chi connectivity index (χ1n) is 10.5. The van der Waals surface area contributed by atoms with Crippen molar-refractivity contribution in [3.05, 3.63) is 78.1 Å². The molecule has 4 aromatic rings. The van der Waals surface area contributed by atoms with Crippen LogP contribution in [0.25, 0.3) is 16.7 Å². The van der Waals surface area contributed by atoms with E-state index in [2.05, 4.69) is 61.9 Å². The summed E-state index contributed by atoms with van der Waals surface area (Å²) in [5.41, 5.74) is 5.61. The number of nitrogens with zero attached hydrogens (tertiary/aromatic N) is 5. The maximum Gasteiger partial charge on any atom is 0.142 e. The largest absolute Gasteiger partial charge is 0.369 e. The van der Waals surface area contributed by atoms with Crippen molar-refractivity contribution in [3.8, 4) is 5.69 Å². The molecule has 0 aliphatic carbocycles. The smallest absolute Gasteiger partial charge is 0.142 e. The number of hydrogen-bond acceptors (Lipinski definition) is 4. The number of rotatable bonds is 6. The summed E-state index contributed by atoms with van der Waals surface area (Å²) in [6, 6.07) is 15.0. The van der Waals surface area contributed by atoms with Crippen LogP contribution in [0, 0.1) is 0 Å². The lowest BCUT2D eigenvalue weighted by atomic mass is 10.1. The van der Waals surface area contributed by atoms with E-state index in [0.29, 0.717) is 0 Å². The first-order chi connectivity index (χ1) is 14.7. The molecule has 1 fully saturated rings. The highest BCUT2D eigenvalue weighted by atomic mass is 16.5. The second-order valence-electron chi connectivity index (χ2n) is 8.03. The highest BCUT2D eigenvalue weighted by Crippen LogP contribution is 2.27. The SMILES string of the molecule is COC(c1cccc(-n2cnc3cc(CN4CCCC4)ccc32)c1)c1nccn1C. The molecule has 2 aromatic heterocycles. The summed E-state index contributed by atoms with van der Waals surface area (Å²) in [6.07, 6.45) is 8.06. The van der Waals surface area contributed by atoms with Crippen LogP contribution in [0.1, 0.15) is 35.9 Å². The molecule has 5 rings (SSSR count). The maximum absolute atomic E-state index is 5.79. The van der Waals surface area contributed by atoms with Crippen LogP contribution in [0.5, 0.6) is 0 Å². The van der Waals surface area contributed by atoms with Crippen LogP contribution < -0.4 is 0 Å². The molecule has 0 N–H and O–H groups in total. The Hall–Kier alpha value is -2.96. The van der Waals surface area contributed by atoms with Crippen molar-refractivity contribution in [1.29, 1.82) is 0 Å². The molecule has 0 spiro atoms. The summed E-state index contributed by atoms with van der Waals surface area (Å²) in [5.74, 6) is 0.886. The highest BCUT2D eigenvalue weighted by molar-refractivity contribution is 5.78. The van der Waals surface area contributed by atoms with Crippen LogP contribution in [0.15, 0.2) is 61.2 Å². The third-order valence-electron chi connectivity index (χ3n) is 6.00. The van der Waals surface area contributed by atoms with E-state index in [9.17, 15) is 0 Å². The van der Waals surface area contributed by atoms with E-state index in [0.717, 1.165) is 34.7 Å². The second kappa shape index (κ2) is 8.05. The third-order valence-corrected chi connectivity index (χ3v) is 6.00. The number of benzene rings is 2. The Balaban J connectivity index is 1.46. The molecular formula is C24H27N5O. The van der Waals surface area contributed by atoms with E-state index < -0.39 is 0 Å². The molecule has 6 nitrogen and oxygen atoms in total. The minimum atomic E-state index is -0.216. The predicted molar refractivity (Wildman–Crippen MR) is 118 cm³/mol. The Morgan fingerprint density at radius 2 is 1.93 bits per heavy atom. The van der Waals surface area contributed by atoms with E-state index in [4.69, 9.17) is 4.74 Å². The van der Waals surface area contributed by atoms with Gasteiger partial charge in [-0.25, -0.2) is 9.97 Å². The fourth-order valence-electron chi connectivity index (χ4n) is 4.42. The molecule has 154 valence electrons. The van der Waals surface area contributed by atoms with E-state index in [1.165, 1.54) is 31.5 Å². The zero-order valence-corrected chi connectivity index (χ0v) is 17.5. The summed E-state index contributed by atoms with van der Waals surface area (Å²) in [7, 11) is 3.71. The number of aromatic nitrogens is 4. The van der Waals surface area contributed by atoms with Crippen LogP contribution in [0.3, 0.4) is 0 Å². The van der Waals surface area contributed by atoms with E-state index >= 15 is 0 Å². The van der Waals surface area contributed by atoms with Gasteiger partial charge < -0.3 is 9.30 Å². The number of fused-ring (bicyclic) bond motifs is 1. The Morgan fingerprint density at radius 1 is 1.07 bits per heavy atom. The monoisotopic (exact) mass is 401 g/mol. The number of imidazole rings is 2. The van der Waals surface area contributed by atoms with Crippen LogP contribution in [-0.4, -0.2) is 44.2 Å². The van der Waals surface area contributed by atoms with Crippen LogP contribution in [-0.2, 0) is 18.3 Å². The van der Waals surface area contributed by atoms with Crippen LogP contribution in [0.2, 0.25) is 0 Å². The lowest BCUT2D eigenvalue weighted by Gasteiger charge is -2.17. The number of likely N-dealkylation sites (tertiary alicyclic amines) is 1. The standard InChI is InChI=1S/C24H27N5O/c1-27-13-10-25-24(27)23(30-2)19-6-5-7-20(15-19)29-17-26-21-14-18(8-9-22(21)29)16-28-11-3-4-12-28/h5-10,13-15,17,23H,3-4,11-12,16H2,1-2H3. The van der Waals surface area contributed by atoms with Crippen molar-refractivity contribution in [2.45, 2.75) is 25.5 Å². The molecule has 1 unspecified atom stereocenters. The van der Waals surface area contributed by atoms with Crippen LogP contribution >= 0.6 is 0 Å². The zero-order valence-electron chi connectivity index (χ0n) is 17.5. The molecular weight excluding hydrogens is 374 g/mol. The van der Waals surface area contributed by atoms with Gasteiger partial charge in [-0.3, -0.25) is 9.47 Å². The van der Waals surface area contributed by atoms with Crippen molar-refractivity contribution in [2.24, 2.45) is 7.05 Å². The molecule has 2 aromatic carbocycles. The highest BCUT2D eigenvalue weighted by Gasteiger charge is 2.19. The minimum absolute atomic E-state index is 0.216. The Labute approximate surface area is 176 Å². The fraction of sp³-hybridized carbons (Fsp3) is 0.333. The molecule has 0 bridgehead atoms. The summed E-state index contributed by atoms with van der Waals surface area (Å²) in [4.78, 5) is 11.7. The van der Waals surface area contributed by atoms with Crippen molar-refractivity contribution in [1.82, 2.24) is 24.0 Å². The third kappa shape index (κ3) is 3.53. The minimum Gasteiger partial charge on any atom is -0.369 e. The van der Waals surface area contributed by atoms with Gasteiger partial charge in [-0.15, -0.1) is 0 Å². The number of hydrogen-bond donors (Lipinski definition) is 0. The molecule has 3 heterocycles. The van der Waals surface area contributed by atoms with Gasteiger partial charge in [0, 0.05) is 38.8 Å². The Morgan fingerprint density at radius 3 is 2.70 bits per heavy atom. The molecule has 1 aliphatic heterocycles. The van der Waals surface area contributed by atoms with Gasteiger partial charge in [0.25, 0.3) is 0 Å². The average molecular weight is 402 g/mol. The lowest BCUT2D eigenvalue weighted by molar-refractivity contribution is 0.126. The predicted octanol–water partition coefficient (Wildman–Crippen LogP) is 4.09. The first-order valence-corrected chi connectivity index (χ1v) is 10.5. The summed E-state index contributed by atoms with van der Waals surface area (Å²) in [5, 5.41) is 0. The van der Waals surface area contributed by atoms with Crippen molar-refractivity contribution < 1.29 is 4.74 Å². The average Bonchev–Trinajstić information content (AvgIpc) is 3.51. The number of methoxy groups -OCH3 is 1. The van der Waals surface area contributed by atoms with Gasteiger partial charge in [0.15, 0.2) is 0 Å². The molecule has 0 saturated carbocycles. The van der Waals surface area contributed by atoms with E-state index in [-0.39, 0.29) is 6.10 Å². The van der Waals surface area contributed by atoms with Crippen molar-refractivity contribution >= 4 is 11.0 Å². The van der Waals surface area contributed by atoms with Gasteiger partial charge in [-0.2, -0.15) is 0 Å². The fourth-order valence-corrected chi connectivity index (χ4v) is 4.42. The van der Waals surface area contributed by atoms with Crippen molar-refractivity contribution in [3.63, 3.8) is 0 Å². The normalized spacial score (nSPS) is 15.8. The van der Waals surface area contributed by atoms with Gasteiger partial charge >= 0.3 is 0 Å². The summed E-state index contributed by atoms with van der Waals surface area (Å²) < 4.78 is 9.93. The Kier molecular flexibility index (Phi) is 5.11. The molecule has 0 amide bonds. The number of ether oxygens (including phenoxy) is 1. The van der Waals surface area contributed by atoms with Gasteiger partial charge in [-0.1, -0.05) is 18.2 Å². The van der Waals surface area contributed by atoms with Crippen molar-refractivity contribution in [2.75, 3.05) is 20.2 Å². The maximum atomic E-state index is 5.79. The van der Waals surface area contributed by atoms with Gasteiger partial charge in [0.05, 0.1) is 11.0 Å². The van der Waals surface area contributed by atoms with E-state index in [1.54, 1.807) is 13.3 Å². The van der Waals surface area contributed by atoms with E-state index in [1.807, 2.05) is 24.1 Å². The van der Waals surface area contributed by atoms with Crippen LogP contribution in [0.4, 0.5) is 0 Å². The second-order valence-corrected chi connectivity index (χ2v) is 8.03.